The number of benzene rings is 2. The third-order valence-corrected chi connectivity index (χ3v) is 5.90. The Bertz CT molecular complexity index is 1480. The molecule has 168 valence electrons. The number of anilines is 2. The molecular formula is C25H19N5O3S. The summed E-state index contributed by atoms with van der Waals surface area (Å²) in [5.41, 5.74) is 3.23. The molecule has 5 rings (SSSR count). The predicted octanol–water partition coefficient (Wildman–Crippen LogP) is 5.15. The number of nitrogens with zero attached hydrogens (tertiary/aromatic N) is 2. The first-order chi connectivity index (χ1) is 16.6. The van der Waals surface area contributed by atoms with Gasteiger partial charge in [0.05, 0.1) is 15.9 Å². The third kappa shape index (κ3) is 4.50. The van der Waals surface area contributed by atoms with E-state index in [1.165, 1.54) is 17.5 Å². The number of carbonyl (C=O) groups is 2. The maximum atomic E-state index is 12.6. The normalized spacial score (nSPS) is 10.7. The highest BCUT2D eigenvalue weighted by Crippen LogP contribution is 2.26. The molecule has 0 aliphatic heterocycles. The molecule has 3 aromatic heterocycles. The summed E-state index contributed by atoms with van der Waals surface area (Å²) in [5, 5.41) is 7.65. The van der Waals surface area contributed by atoms with Gasteiger partial charge >= 0.3 is 0 Å². The smallest absolute Gasteiger partial charge is 0.269 e. The number of nitrogens with one attached hydrogen (secondary N) is 3. The first kappa shape index (κ1) is 21.4. The van der Waals surface area contributed by atoms with Crippen LogP contribution in [0.25, 0.3) is 11.0 Å². The number of carbonyl (C=O) groups excluding carboxylic acids is 2. The number of H-pyrrole nitrogens is 1. The van der Waals surface area contributed by atoms with Crippen molar-refractivity contribution in [3.63, 3.8) is 0 Å². The molecule has 0 aliphatic rings. The van der Waals surface area contributed by atoms with Gasteiger partial charge in [-0.3, -0.25) is 14.6 Å². The number of imidazole rings is 1. The topological polar surface area (TPSA) is 109 Å². The maximum absolute atomic E-state index is 12.6. The lowest BCUT2D eigenvalue weighted by Gasteiger charge is -2.08. The van der Waals surface area contributed by atoms with Crippen molar-refractivity contribution in [2.75, 3.05) is 12.4 Å². The molecule has 5 aromatic rings. The van der Waals surface area contributed by atoms with E-state index >= 15 is 0 Å². The molecule has 0 fully saturated rings. The minimum atomic E-state index is -0.279. The second-order valence-corrected chi connectivity index (χ2v) is 8.28. The van der Waals surface area contributed by atoms with Crippen LogP contribution in [0.2, 0.25) is 0 Å². The van der Waals surface area contributed by atoms with Crippen LogP contribution in [0, 0.1) is 0 Å². The molecule has 34 heavy (non-hydrogen) atoms. The van der Waals surface area contributed by atoms with Crippen molar-refractivity contribution in [2.45, 2.75) is 0 Å². The molecule has 0 radical (unpaired) electrons. The number of aromatic amines is 1. The van der Waals surface area contributed by atoms with Gasteiger partial charge in [-0.15, -0.1) is 11.3 Å². The van der Waals surface area contributed by atoms with Gasteiger partial charge in [0.2, 0.25) is 11.7 Å². The molecule has 0 spiro atoms. The second-order valence-electron chi connectivity index (χ2n) is 7.33. The molecule has 0 aliphatic carbocycles. The zero-order valence-electron chi connectivity index (χ0n) is 18.0. The average Bonchev–Trinajstić information content (AvgIpc) is 3.54. The predicted molar refractivity (Wildman–Crippen MR) is 131 cm³/mol. The fourth-order valence-corrected chi connectivity index (χ4v) is 4.05. The van der Waals surface area contributed by atoms with Gasteiger partial charge in [0.25, 0.3) is 5.91 Å². The third-order valence-electron chi connectivity index (χ3n) is 5.03. The van der Waals surface area contributed by atoms with E-state index in [0.717, 1.165) is 16.7 Å². The number of ether oxygens (including phenoxy) is 1. The van der Waals surface area contributed by atoms with Gasteiger partial charge in [-0.2, -0.15) is 0 Å². The van der Waals surface area contributed by atoms with Crippen LogP contribution in [0.1, 0.15) is 25.7 Å². The summed E-state index contributed by atoms with van der Waals surface area (Å²) in [4.78, 5) is 36.8. The maximum Gasteiger partial charge on any atom is 0.269 e. The van der Waals surface area contributed by atoms with E-state index in [0.29, 0.717) is 27.9 Å². The van der Waals surface area contributed by atoms with Crippen LogP contribution in [0.15, 0.2) is 78.3 Å². The fraction of sp³-hybridized carbons (Fsp3) is 0.0400. The standard InChI is InChI=1S/C25H19N5O3S/c1-26-24(32)21-14-18(10-11-27-21)33-17-7-5-16(6-8-17)28-25-29-19-9-4-15(13-20(19)30-25)23(31)22-3-2-12-34-22/h2-14H,1H3,(H,26,32)(H2,28,29,30). The summed E-state index contributed by atoms with van der Waals surface area (Å²) in [6.45, 7) is 0. The highest BCUT2D eigenvalue weighted by atomic mass is 32.1. The molecule has 0 bridgehead atoms. The highest BCUT2D eigenvalue weighted by Gasteiger charge is 2.12. The van der Waals surface area contributed by atoms with Gasteiger partial charge in [-0.1, -0.05) is 6.07 Å². The lowest BCUT2D eigenvalue weighted by atomic mass is 10.1. The summed E-state index contributed by atoms with van der Waals surface area (Å²) in [7, 11) is 1.55. The number of pyridine rings is 1. The number of rotatable bonds is 7. The van der Waals surface area contributed by atoms with Crippen LogP contribution in [-0.4, -0.2) is 33.7 Å². The Morgan fingerprint density at radius 3 is 2.62 bits per heavy atom. The summed E-state index contributed by atoms with van der Waals surface area (Å²) < 4.78 is 5.83. The largest absolute Gasteiger partial charge is 0.457 e. The number of fused-ring (bicyclic) bond motifs is 1. The molecule has 9 heteroatoms. The quantitative estimate of drug-likeness (QED) is 0.285. The summed E-state index contributed by atoms with van der Waals surface area (Å²) in [6, 6.07) is 19.7. The zero-order valence-corrected chi connectivity index (χ0v) is 18.8. The van der Waals surface area contributed by atoms with E-state index in [1.807, 2.05) is 53.9 Å². The van der Waals surface area contributed by atoms with Crippen molar-refractivity contribution < 1.29 is 14.3 Å². The lowest BCUT2D eigenvalue weighted by Crippen LogP contribution is -2.18. The van der Waals surface area contributed by atoms with Gasteiger partial charge in [0.15, 0.2) is 0 Å². The second kappa shape index (κ2) is 9.16. The molecule has 8 nitrogen and oxygen atoms in total. The molecule has 0 unspecified atom stereocenters. The first-order valence-corrected chi connectivity index (χ1v) is 11.3. The molecule has 0 saturated heterocycles. The summed E-state index contributed by atoms with van der Waals surface area (Å²) >= 11 is 1.42. The van der Waals surface area contributed by atoms with Gasteiger partial charge in [-0.05, 0) is 60.0 Å². The van der Waals surface area contributed by atoms with Crippen LogP contribution in [0.3, 0.4) is 0 Å². The van der Waals surface area contributed by atoms with E-state index < -0.39 is 0 Å². The van der Waals surface area contributed by atoms with Gasteiger partial charge in [-0.25, -0.2) is 4.98 Å². The van der Waals surface area contributed by atoms with E-state index in [9.17, 15) is 9.59 Å². The van der Waals surface area contributed by atoms with E-state index in [1.54, 1.807) is 25.2 Å². The van der Waals surface area contributed by atoms with E-state index in [-0.39, 0.29) is 17.4 Å². The minimum absolute atomic E-state index is 0.00626. The monoisotopic (exact) mass is 469 g/mol. The molecule has 1 amide bonds. The van der Waals surface area contributed by atoms with Gasteiger partial charge < -0.3 is 20.4 Å². The van der Waals surface area contributed by atoms with E-state index in [2.05, 4.69) is 25.6 Å². The van der Waals surface area contributed by atoms with Crippen LogP contribution in [-0.2, 0) is 0 Å². The number of hydrogen-bond donors (Lipinski definition) is 3. The molecular weight excluding hydrogens is 450 g/mol. The van der Waals surface area contributed by atoms with Crippen molar-refractivity contribution in [3.8, 4) is 11.5 Å². The first-order valence-electron chi connectivity index (χ1n) is 10.4. The molecule has 2 aromatic carbocycles. The minimum Gasteiger partial charge on any atom is -0.457 e. The van der Waals surface area contributed by atoms with Gasteiger partial charge in [0, 0.05) is 30.6 Å². The molecule has 3 heterocycles. The molecule has 0 atom stereocenters. The Hall–Kier alpha value is -4.50. The van der Waals surface area contributed by atoms with Crippen molar-refractivity contribution >= 4 is 45.7 Å². The SMILES string of the molecule is CNC(=O)c1cc(Oc2ccc(Nc3nc4ccc(C(=O)c5cccs5)cc4[nH]3)cc2)ccn1. The molecule has 0 saturated carbocycles. The Kier molecular flexibility index (Phi) is 5.75. The van der Waals surface area contributed by atoms with Crippen LogP contribution < -0.4 is 15.4 Å². The Balaban J connectivity index is 1.29. The summed E-state index contributed by atoms with van der Waals surface area (Å²) in [6.07, 6.45) is 1.52. The van der Waals surface area contributed by atoms with Crippen molar-refractivity contribution in [2.24, 2.45) is 0 Å². The number of aromatic nitrogens is 3. The fourth-order valence-electron chi connectivity index (χ4n) is 3.37. The average molecular weight is 470 g/mol. The summed E-state index contributed by atoms with van der Waals surface area (Å²) in [5.74, 6) is 1.40. The van der Waals surface area contributed by atoms with E-state index in [4.69, 9.17) is 4.74 Å². The van der Waals surface area contributed by atoms with Crippen molar-refractivity contribution in [3.05, 3.63) is 94.4 Å². The van der Waals surface area contributed by atoms with Gasteiger partial charge in [0.1, 0.15) is 17.2 Å². The Morgan fingerprint density at radius 2 is 1.85 bits per heavy atom. The van der Waals surface area contributed by atoms with Crippen molar-refractivity contribution in [1.29, 1.82) is 0 Å². The Labute approximate surface area is 198 Å². The number of hydrogen-bond acceptors (Lipinski definition) is 7. The number of ketones is 1. The van der Waals surface area contributed by atoms with Crippen LogP contribution >= 0.6 is 11.3 Å². The zero-order chi connectivity index (χ0) is 23.5. The van der Waals surface area contributed by atoms with Crippen molar-refractivity contribution in [1.82, 2.24) is 20.3 Å². The molecule has 3 N–H and O–H groups in total. The number of thiophene rings is 1. The van der Waals surface area contributed by atoms with Crippen LogP contribution in [0.5, 0.6) is 11.5 Å². The highest BCUT2D eigenvalue weighted by molar-refractivity contribution is 7.12. The Morgan fingerprint density at radius 1 is 1.00 bits per heavy atom. The lowest BCUT2D eigenvalue weighted by molar-refractivity contribution is 0.0957. The number of amides is 1. The van der Waals surface area contributed by atoms with Crippen LogP contribution in [0.4, 0.5) is 11.6 Å².